The molecule has 1 aliphatic heterocycles. The zero-order valence-corrected chi connectivity index (χ0v) is 15.0. The first kappa shape index (κ1) is 18.0. The molecule has 0 atom stereocenters. The second-order valence-corrected chi connectivity index (χ2v) is 6.31. The summed E-state index contributed by atoms with van der Waals surface area (Å²) in [6.07, 6.45) is 1.40. The van der Waals surface area contributed by atoms with Crippen molar-refractivity contribution in [1.29, 1.82) is 0 Å². The number of aromatic nitrogens is 1. The van der Waals surface area contributed by atoms with E-state index < -0.39 is 0 Å². The quantitative estimate of drug-likeness (QED) is 0.884. The zero-order valence-electron chi connectivity index (χ0n) is 14.2. The normalized spacial score (nSPS) is 14.2. The summed E-state index contributed by atoms with van der Waals surface area (Å²) in [7, 11) is 1.49. The Morgan fingerprint density at radius 1 is 1.04 bits per heavy atom. The van der Waals surface area contributed by atoms with Gasteiger partial charge in [-0.2, -0.15) is 0 Å². The highest BCUT2D eigenvalue weighted by molar-refractivity contribution is 6.30. The van der Waals surface area contributed by atoms with Crippen molar-refractivity contribution < 1.29 is 14.3 Å². The van der Waals surface area contributed by atoms with Gasteiger partial charge in [0.05, 0.1) is 18.2 Å². The lowest BCUT2D eigenvalue weighted by molar-refractivity contribution is 0.0533. The van der Waals surface area contributed by atoms with Gasteiger partial charge in [-0.05, 0) is 24.3 Å². The molecule has 2 amide bonds. The van der Waals surface area contributed by atoms with Crippen LogP contribution >= 0.6 is 11.6 Å². The van der Waals surface area contributed by atoms with E-state index in [4.69, 9.17) is 16.3 Å². The van der Waals surface area contributed by atoms with E-state index >= 15 is 0 Å². The molecule has 1 aromatic heterocycles. The molecule has 0 aliphatic carbocycles. The number of pyridine rings is 1. The number of methoxy groups -OCH3 is 1. The summed E-state index contributed by atoms with van der Waals surface area (Å²) in [5.74, 6) is 0.0984. The zero-order chi connectivity index (χ0) is 18.7. The molecule has 1 aliphatic rings. The number of nitrogens with one attached hydrogen (secondary N) is 1. The van der Waals surface area contributed by atoms with Crippen molar-refractivity contribution in [3.05, 3.63) is 63.0 Å². The average Bonchev–Trinajstić information content (AvgIpc) is 2.67. The fourth-order valence-corrected chi connectivity index (χ4v) is 3.01. The SMILES string of the molecule is COc1cc(Cl)ccc1C(=O)N1CCN(C(=O)c2ccc(=O)[nH]c2)CC1. The van der Waals surface area contributed by atoms with E-state index in [2.05, 4.69) is 4.98 Å². The third-order valence-electron chi connectivity index (χ3n) is 4.28. The van der Waals surface area contributed by atoms with Crippen LogP contribution in [0.2, 0.25) is 5.02 Å². The van der Waals surface area contributed by atoms with Crippen molar-refractivity contribution in [2.45, 2.75) is 0 Å². The number of nitrogens with zero attached hydrogens (tertiary/aromatic N) is 2. The molecule has 0 radical (unpaired) electrons. The van der Waals surface area contributed by atoms with Crippen molar-refractivity contribution in [3.63, 3.8) is 0 Å². The van der Waals surface area contributed by atoms with Crippen LogP contribution in [0.15, 0.2) is 41.3 Å². The largest absolute Gasteiger partial charge is 0.496 e. The number of H-pyrrole nitrogens is 1. The van der Waals surface area contributed by atoms with E-state index in [0.717, 1.165) is 0 Å². The minimum Gasteiger partial charge on any atom is -0.496 e. The van der Waals surface area contributed by atoms with Crippen LogP contribution in [0.3, 0.4) is 0 Å². The molecule has 0 bridgehead atoms. The maximum absolute atomic E-state index is 12.7. The highest BCUT2D eigenvalue weighted by atomic mass is 35.5. The van der Waals surface area contributed by atoms with E-state index in [1.54, 1.807) is 28.0 Å². The van der Waals surface area contributed by atoms with Gasteiger partial charge in [-0.25, -0.2) is 0 Å². The van der Waals surface area contributed by atoms with Gasteiger partial charge in [0.2, 0.25) is 5.56 Å². The van der Waals surface area contributed by atoms with Crippen molar-refractivity contribution >= 4 is 23.4 Å². The number of rotatable bonds is 3. The first-order chi connectivity index (χ1) is 12.5. The molecule has 1 N–H and O–H groups in total. The van der Waals surface area contributed by atoms with Gasteiger partial charge in [-0.15, -0.1) is 0 Å². The lowest BCUT2D eigenvalue weighted by Crippen LogP contribution is -2.50. The Hall–Kier alpha value is -2.80. The first-order valence-electron chi connectivity index (χ1n) is 8.10. The fraction of sp³-hybridized carbons (Fsp3) is 0.278. The lowest BCUT2D eigenvalue weighted by atomic mass is 10.1. The molecule has 0 unspecified atom stereocenters. The Kier molecular flexibility index (Phi) is 5.27. The third kappa shape index (κ3) is 3.72. The van der Waals surface area contributed by atoms with Crippen LogP contribution in [0.25, 0.3) is 0 Å². The maximum atomic E-state index is 12.7. The topological polar surface area (TPSA) is 82.7 Å². The molecule has 1 saturated heterocycles. The number of halogens is 1. The number of amides is 2. The summed E-state index contributed by atoms with van der Waals surface area (Å²) < 4.78 is 5.24. The third-order valence-corrected chi connectivity index (χ3v) is 4.51. The molecule has 7 nitrogen and oxygen atoms in total. The highest BCUT2D eigenvalue weighted by Gasteiger charge is 2.27. The van der Waals surface area contributed by atoms with Gasteiger partial charge in [0, 0.05) is 43.5 Å². The average molecular weight is 376 g/mol. The summed E-state index contributed by atoms with van der Waals surface area (Å²) >= 11 is 5.94. The predicted octanol–water partition coefficient (Wildman–Crippen LogP) is 1.64. The van der Waals surface area contributed by atoms with Crippen LogP contribution in [0, 0.1) is 0 Å². The Labute approximate surface area is 155 Å². The minimum absolute atomic E-state index is 0.158. The Morgan fingerprint density at radius 2 is 1.69 bits per heavy atom. The van der Waals surface area contributed by atoms with Gasteiger partial charge < -0.3 is 19.5 Å². The van der Waals surface area contributed by atoms with E-state index in [1.165, 1.54) is 25.4 Å². The molecule has 2 heterocycles. The molecule has 1 aromatic carbocycles. The summed E-state index contributed by atoms with van der Waals surface area (Å²) in [5, 5.41) is 0.495. The fourth-order valence-electron chi connectivity index (χ4n) is 2.85. The number of hydrogen-bond acceptors (Lipinski definition) is 4. The molecule has 8 heteroatoms. The van der Waals surface area contributed by atoms with E-state index in [0.29, 0.717) is 48.1 Å². The molecule has 2 aromatic rings. The summed E-state index contributed by atoms with van der Waals surface area (Å²) in [5.41, 5.74) is 0.606. The van der Waals surface area contributed by atoms with Crippen molar-refractivity contribution in [2.24, 2.45) is 0 Å². The minimum atomic E-state index is -0.256. The van der Waals surface area contributed by atoms with E-state index in [-0.39, 0.29) is 17.4 Å². The molecule has 26 heavy (non-hydrogen) atoms. The first-order valence-corrected chi connectivity index (χ1v) is 8.48. The van der Waals surface area contributed by atoms with Gasteiger partial charge in [0.15, 0.2) is 0 Å². The number of aromatic amines is 1. The molecule has 3 rings (SSSR count). The van der Waals surface area contributed by atoms with Gasteiger partial charge in [0.1, 0.15) is 5.75 Å². The number of ether oxygens (including phenoxy) is 1. The molecule has 0 saturated carbocycles. The summed E-state index contributed by atoms with van der Waals surface area (Å²) in [6.45, 7) is 1.67. The Morgan fingerprint density at radius 3 is 2.27 bits per heavy atom. The lowest BCUT2D eigenvalue weighted by Gasteiger charge is -2.35. The van der Waals surface area contributed by atoms with Crippen LogP contribution in [-0.4, -0.2) is 59.9 Å². The molecular weight excluding hydrogens is 358 g/mol. The predicted molar refractivity (Wildman–Crippen MR) is 96.9 cm³/mol. The molecule has 136 valence electrons. The number of hydrogen-bond donors (Lipinski definition) is 1. The monoisotopic (exact) mass is 375 g/mol. The molecular formula is C18H18ClN3O4. The van der Waals surface area contributed by atoms with Crippen LogP contribution in [0.5, 0.6) is 5.75 Å². The number of carbonyl (C=O) groups excluding carboxylic acids is 2. The van der Waals surface area contributed by atoms with Gasteiger partial charge in [-0.1, -0.05) is 11.6 Å². The van der Waals surface area contributed by atoms with Crippen molar-refractivity contribution in [1.82, 2.24) is 14.8 Å². The smallest absolute Gasteiger partial charge is 0.257 e. The van der Waals surface area contributed by atoms with Crippen molar-refractivity contribution in [3.8, 4) is 5.75 Å². The Balaban J connectivity index is 1.66. The highest BCUT2D eigenvalue weighted by Crippen LogP contribution is 2.25. The number of carbonyl (C=O) groups is 2. The van der Waals surface area contributed by atoms with E-state index in [1.807, 2.05) is 0 Å². The molecule has 1 fully saturated rings. The second-order valence-electron chi connectivity index (χ2n) is 5.87. The van der Waals surface area contributed by atoms with Gasteiger partial charge >= 0.3 is 0 Å². The van der Waals surface area contributed by atoms with Crippen LogP contribution in [-0.2, 0) is 0 Å². The maximum Gasteiger partial charge on any atom is 0.257 e. The van der Waals surface area contributed by atoms with Gasteiger partial charge in [0.25, 0.3) is 11.8 Å². The van der Waals surface area contributed by atoms with Crippen LogP contribution < -0.4 is 10.3 Å². The number of benzene rings is 1. The summed E-state index contributed by atoms with van der Waals surface area (Å²) in [6, 6.07) is 7.70. The van der Waals surface area contributed by atoms with Crippen LogP contribution in [0.4, 0.5) is 0 Å². The summed E-state index contributed by atoms with van der Waals surface area (Å²) in [4.78, 5) is 42.1. The van der Waals surface area contributed by atoms with Crippen molar-refractivity contribution in [2.75, 3.05) is 33.3 Å². The standard InChI is InChI=1S/C18H18ClN3O4/c1-26-15-10-13(19)3-4-14(15)18(25)22-8-6-21(7-9-22)17(24)12-2-5-16(23)20-11-12/h2-5,10-11H,6-9H2,1H3,(H,20,23). The number of piperazine rings is 1. The van der Waals surface area contributed by atoms with E-state index in [9.17, 15) is 14.4 Å². The van der Waals surface area contributed by atoms with Crippen LogP contribution in [0.1, 0.15) is 20.7 Å². The van der Waals surface area contributed by atoms with Gasteiger partial charge in [-0.3, -0.25) is 14.4 Å². The Bertz CT molecular complexity index is 868. The molecule has 0 spiro atoms. The second kappa shape index (κ2) is 7.61.